The van der Waals surface area contributed by atoms with Gasteiger partial charge < -0.3 is 14.8 Å². The van der Waals surface area contributed by atoms with E-state index in [1.165, 1.54) is 0 Å². The van der Waals surface area contributed by atoms with E-state index in [-0.39, 0.29) is 0 Å². The topological polar surface area (TPSA) is 66.8 Å². The van der Waals surface area contributed by atoms with Crippen LogP contribution in [-0.2, 0) is 9.53 Å². The van der Waals surface area contributed by atoms with Crippen LogP contribution < -0.4 is 0 Å². The number of rotatable bonds is 3. The van der Waals surface area contributed by atoms with E-state index < -0.39 is 25.3 Å². The van der Waals surface area contributed by atoms with Crippen molar-refractivity contribution in [1.29, 1.82) is 0 Å². The van der Waals surface area contributed by atoms with Crippen LogP contribution >= 0.6 is 0 Å². The standard InChI is InChI=1S/C4H7BF2O4/c1-11-3(8)4(6,7)2-5(9)10/h9-10H,2H2,1H3. The molecule has 0 aliphatic rings. The van der Waals surface area contributed by atoms with Gasteiger partial charge in [0.2, 0.25) is 0 Å². The van der Waals surface area contributed by atoms with Gasteiger partial charge in [0.15, 0.2) is 0 Å². The zero-order valence-electron chi connectivity index (χ0n) is 5.75. The van der Waals surface area contributed by atoms with Crippen molar-refractivity contribution in [1.82, 2.24) is 0 Å². The lowest BCUT2D eigenvalue weighted by Gasteiger charge is -2.11. The summed E-state index contributed by atoms with van der Waals surface area (Å²) in [5, 5.41) is 16.2. The molecule has 0 aliphatic heterocycles. The van der Waals surface area contributed by atoms with E-state index in [9.17, 15) is 13.6 Å². The lowest BCUT2D eigenvalue weighted by molar-refractivity contribution is -0.166. The summed E-state index contributed by atoms with van der Waals surface area (Å²) in [5.74, 6) is -5.60. The highest BCUT2D eigenvalue weighted by atomic mass is 19.3. The predicted octanol–water partition coefficient (Wildman–Crippen LogP) is -0.733. The molecule has 0 aromatic heterocycles. The van der Waals surface area contributed by atoms with Crippen LogP contribution in [0.1, 0.15) is 0 Å². The largest absolute Gasteiger partial charge is 0.465 e. The number of carbonyl (C=O) groups is 1. The Morgan fingerprint density at radius 2 is 2.09 bits per heavy atom. The molecule has 0 aromatic rings. The van der Waals surface area contributed by atoms with Crippen LogP contribution in [0.4, 0.5) is 8.78 Å². The summed E-state index contributed by atoms with van der Waals surface area (Å²) in [5.41, 5.74) is 0. The molecule has 0 atom stereocenters. The number of hydrogen-bond donors (Lipinski definition) is 2. The van der Waals surface area contributed by atoms with Gasteiger partial charge in [0.1, 0.15) is 0 Å². The molecule has 0 fully saturated rings. The fourth-order valence-electron chi connectivity index (χ4n) is 0.462. The minimum absolute atomic E-state index is 0.792. The van der Waals surface area contributed by atoms with Crippen molar-refractivity contribution in [3.63, 3.8) is 0 Å². The Hall–Kier alpha value is -0.685. The number of alkyl halides is 2. The molecule has 0 saturated heterocycles. The second-order valence-electron chi connectivity index (χ2n) is 1.88. The van der Waals surface area contributed by atoms with Gasteiger partial charge >= 0.3 is 19.0 Å². The molecule has 0 aromatic carbocycles. The van der Waals surface area contributed by atoms with E-state index in [1.807, 2.05) is 0 Å². The first-order valence-electron chi connectivity index (χ1n) is 2.72. The predicted molar refractivity (Wildman–Crippen MR) is 32.0 cm³/mol. The Morgan fingerprint density at radius 1 is 1.64 bits per heavy atom. The number of ether oxygens (including phenoxy) is 1. The van der Waals surface area contributed by atoms with Crippen molar-refractivity contribution < 1.29 is 28.4 Å². The molecule has 64 valence electrons. The van der Waals surface area contributed by atoms with Crippen LogP contribution in [0.15, 0.2) is 0 Å². The number of halogens is 2. The maximum Gasteiger partial charge on any atom is 0.458 e. The average Bonchev–Trinajstić information content (AvgIpc) is 1.83. The van der Waals surface area contributed by atoms with Crippen molar-refractivity contribution in [2.45, 2.75) is 12.2 Å². The molecule has 2 N–H and O–H groups in total. The molecule has 0 heterocycles. The number of esters is 1. The van der Waals surface area contributed by atoms with Gasteiger partial charge in [0.05, 0.1) is 13.4 Å². The highest BCUT2D eigenvalue weighted by Gasteiger charge is 2.43. The molecule has 0 bridgehead atoms. The van der Waals surface area contributed by atoms with Gasteiger partial charge in [-0.3, -0.25) is 0 Å². The summed E-state index contributed by atoms with van der Waals surface area (Å²) in [6.07, 6.45) is -1.35. The molecule has 0 rings (SSSR count). The number of carbonyl (C=O) groups excluding carboxylic acids is 1. The smallest absolute Gasteiger partial charge is 0.458 e. The van der Waals surface area contributed by atoms with E-state index in [4.69, 9.17) is 10.0 Å². The maximum atomic E-state index is 12.3. The Labute approximate surface area is 61.9 Å². The highest BCUT2D eigenvalue weighted by Crippen LogP contribution is 2.21. The molecule has 0 amide bonds. The first-order valence-corrected chi connectivity index (χ1v) is 2.72. The average molecular weight is 168 g/mol. The number of hydrogen-bond acceptors (Lipinski definition) is 4. The van der Waals surface area contributed by atoms with E-state index in [0.29, 0.717) is 0 Å². The Balaban J connectivity index is 4.09. The van der Waals surface area contributed by atoms with Crippen molar-refractivity contribution in [2.75, 3.05) is 7.11 Å². The van der Waals surface area contributed by atoms with Crippen molar-refractivity contribution in [3.05, 3.63) is 0 Å². The normalized spacial score (nSPS) is 11.0. The van der Waals surface area contributed by atoms with Crippen LogP contribution in [0.2, 0.25) is 6.32 Å². The minimum atomic E-state index is -3.83. The lowest BCUT2D eigenvalue weighted by Crippen LogP contribution is -2.35. The quantitative estimate of drug-likeness (QED) is 0.430. The van der Waals surface area contributed by atoms with Gasteiger partial charge in [-0.2, -0.15) is 8.78 Å². The molecule has 0 unspecified atom stereocenters. The van der Waals surface area contributed by atoms with E-state index in [2.05, 4.69) is 4.74 Å². The molecule has 11 heavy (non-hydrogen) atoms. The van der Waals surface area contributed by atoms with Crippen molar-refractivity contribution in [2.24, 2.45) is 0 Å². The molecule has 7 heteroatoms. The van der Waals surface area contributed by atoms with Gasteiger partial charge in [0, 0.05) is 0 Å². The second-order valence-corrected chi connectivity index (χ2v) is 1.88. The second kappa shape index (κ2) is 3.63. The Bertz CT molecular complexity index is 149. The SMILES string of the molecule is COC(=O)C(F)(F)CB(O)O. The third-order valence-corrected chi connectivity index (χ3v) is 0.923. The zero-order valence-corrected chi connectivity index (χ0v) is 5.75. The van der Waals surface area contributed by atoms with Gasteiger partial charge in [0.25, 0.3) is 0 Å². The molecule has 0 spiro atoms. The molecular weight excluding hydrogens is 161 g/mol. The van der Waals surface area contributed by atoms with Gasteiger partial charge in [-0.25, -0.2) is 4.79 Å². The monoisotopic (exact) mass is 168 g/mol. The first kappa shape index (κ1) is 10.3. The molecule has 0 saturated carbocycles. The van der Waals surface area contributed by atoms with Crippen LogP contribution in [0, 0.1) is 0 Å². The van der Waals surface area contributed by atoms with Crippen LogP contribution in [-0.4, -0.2) is 36.2 Å². The summed E-state index contributed by atoms with van der Waals surface area (Å²) in [7, 11) is -1.43. The molecule has 0 radical (unpaired) electrons. The summed E-state index contributed by atoms with van der Waals surface area (Å²) in [4.78, 5) is 10.2. The van der Waals surface area contributed by atoms with Gasteiger partial charge in [-0.1, -0.05) is 0 Å². The minimum Gasteiger partial charge on any atom is -0.465 e. The third kappa shape index (κ3) is 3.29. The molecule has 0 aliphatic carbocycles. The Kier molecular flexibility index (Phi) is 3.41. The summed E-state index contributed by atoms with van der Waals surface area (Å²) >= 11 is 0. The summed E-state index contributed by atoms with van der Waals surface area (Å²) < 4.78 is 28.3. The van der Waals surface area contributed by atoms with E-state index in [0.717, 1.165) is 7.11 Å². The van der Waals surface area contributed by atoms with Crippen LogP contribution in [0.3, 0.4) is 0 Å². The van der Waals surface area contributed by atoms with Crippen LogP contribution in [0.25, 0.3) is 0 Å². The van der Waals surface area contributed by atoms with Crippen molar-refractivity contribution >= 4 is 13.1 Å². The number of methoxy groups -OCH3 is 1. The molecule has 4 nitrogen and oxygen atoms in total. The first-order chi connectivity index (χ1) is 4.90. The Morgan fingerprint density at radius 3 is 2.36 bits per heavy atom. The maximum absolute atomic E-state index is 12.3. The van der Waals surface area contributed by atoms with E-state index in [1.54, 1.807) is 0 Å². The fraction of sp³-hybridized carbons (Fsp3) is 0.750. The van der Waals surface area contributed by atoms with Gasteiger partial charge in [-0.15, -0.1) is 0 Å². The third-order valence-electron chi connectivity index (χ3n) is 0.923. The highest BCUT2D eigenvalue weighted by molar-refractivity contribution is 6.42. The zero-order chi connectivity index (χ0) is 9.07. The van der Waals surface area contributed by atoms with Crippen molar-refractivity contribution in [3.8, 4) is 0 Å². The molecular formula is C4H7BF2O4. The summed E-state index contributed by atoms with van der Waals surface area (Å²) in [6.45, 7) is 0. The fourth-order valence-corrected chi connectivity index (χ4v) is 0.462. The summed E-state index contributed by atoms with van der Waals surface area (Å²) in [6, 6.07) is 0. The van der Waals surface area contributed by atoms with Crippen LogP contribution in [0.5, 0.6) is 0 Å². The van der Waals surface area contributed by atoms with Gasteiger partial charge in [-0.05, 0) is 0 Å². The lowest BCUT2D eigenvalue weighted by atomic mass is 9.82. The van der Waals surface area contributed by atoms with E-state index >= 15 is 0 Å².